The lowest BCUT2D eigenvalue weighted by molar-refractivity contribution is -0.128. The molecule has 5 nitrogen and oxygen atoms in total. The molecule has 136 valence electrons. The zero-order chi connectivity index (χ0) is 18.5. The molecule has 5 heteroatoms. The summed E-state index contributed by atoms with van der Waals surface area (Å²) >= 11 is 0. The van der Waals surface area contributed by atoms with E-state index in [1.54, 1.807) is 4.90 Å². The van der Waals surface area contributed by atoms with Gasteiger partial charge in [0.2, 0.25) is 5.91 Å². The SMILES string of the molecule is CCN(C(=O)NC1CC(=O)N(Cc2ccccc2)C1)c1cccc(C)c1. The summed E-state index contributed by atoms with van der Waals surface area (Å²) in [5.74, 6) is 0.0813. The molecule has 2 aromatic carbocycles. The predicted molar refractivity (Wildman–Crippen MR) is 103 cm³/mol. The second-order valence-corrected chi connectivity index (χ2v) is 6.69. The number of nitrogens with zero attached hydrogens (tertiary/aromatic N) is 2. The number of anilines is 1. The van der Waals surface area contributed by atoms with Gasteiger partial charge < -0.3 is 10.2 Å². The number of hydrogen-bond acceptors (Lipinski definition) is 2. The van der Waals surface area contributed by atoms with Crippen LogP contribution in [0.4, 0.5) is 10.5 Å². The maximum Gasteiger partial charge on any atom is 0.322 e. The lowest BCUT2D eigenvalue weighted by Gasteiger charge is -2.24. The molecule has 1 heterocycles. The highest BCUT2D eigenvalue weighted by Crippen LogP contribution is 2.18. The van der Waals surface area contributed by atoms with Crippen molar-refractivity contribution < 1.29 is 9.59 Å². The number of hydrogen-bond donors (Lipinski definition) is 1. The summed E-state index contributed by atoms with van der Waals surface area (Å²) in [6, 6.07) is 17.5. The minimum Gasteiger partial charge on any atom is -0.336 e. The third-order valence-corrected chi connectivity index (χ3v) is 4.63. The molecule has 1 fully saturated rings. The minimum absolute atomic E-state index is 0.0813. The molecule has 1 unspecified atom stereocenters. The van der Waals surface area contributed by atoms with Crippen LogP contribution in [-0.4, -0.2) is 36.0 Å². The molecule has 1 saturated heterocycles. The van der Waals surface area contributed by atoms with Crippen LogP contribution in [0.1, 0.15) is 24.5 Å². The van der Waals surface area contributed by atoms with Crippen LogP contribution < -0.4 is 10.2 Å². The van der Waals surface area contributed by atoms with Crippen LogP contribution in [0.25, 0.3) is 0 Å². The highest BCUT2D eigenvalue weighted by Gasteiger charge is 2.31. The van der Waals surface area contributed by atoms with E-state index < -0.39 is 0 Å². The molecule has 0 bridgehead atoms. The van der Waals surface area contributed by atoms with Gasteiger partial charge in [0, 0.05) is 31.7 Å². The third kappa shape index (κ3) is 4.23. The predicted octanol–water partition coefficient (Wildman–Crippen LogP) is 3.33. The van der Waals surface area contributed by atoms with Crippen molar-refractivity contribution in [3.05, 3.63) is 65.7 Å². The molecule has 1 aliphatic rings. The zero-order valence-corrected chi connectivity index (χ0v) is 15.3. The van der Waals surface area contributed by atoms with Crippen LogP contribution in [0.3, 0.4) is 0 Å². The smallest absolute Gasteiger partial charge is 0.322 e. The summed E-state index contributed by atoms with van der Waals surface area (Å²) < 4.78 is 0. The molecule has 3 amide bonds. The van der Waals surface area contributed by atoms with Crippen LogP contribution in [0.2, 0.25) is 0 Å². The molecule has 0 aliphatic carbocycles. The standard InChI is InChI=1S/C21H25N3O2/c1-3-24(19-11-7-8-16(2)12-19)21(26)22-18-13-20(25)23(15-18)14-17-9-5-4-6-10-17/h4-12,18H,3,13-15H2,1-2H3,(H,22,26). The summed E-state index contributed by atoms with van der Waals surface area (Å²) in [5.41, 5.74) is 3.08. The number of likely N-dealkylation sites (tertiary alicyclic amines) is 1. The van der Waals surface area contributed by atoms with Crippen LogP contribution in [-0.2, 0) is 11.3 Å². The van der Waals surface area contributed by atoms with Crippen molar-refractivity contribution in [3.63, 3.8) is 0 Å². The molecule has 1 atom stereocenters. The maximum absolute atomic E-state index is 12.7. The van der Waals surface area contributed by atoms with Crippen LogP contribution in [0.15, 0.2) is 54.6 Å². The van der Waals surface area contributed by atoms with E-state index in [0.29, 0.717) is 26.1 Å². The van der Waals surface area contributed by atoms with Crippen molar-refractivity contribution in [2.75, 3.05) is 18.0 Å². The molecule has 1 N–H and O–H groups in total. The lowest BCUT2D eigenvalue weighted by Crippen LogP contribution is -2.46. The average Bonchev–Trinajstić information content (AvgIpc) is 2.95. The first-order valence-electron chi connectivity index (χ1n) is 9.03. The van der Waals surface area contributed by atoms with Gasteiger partial charge in [-0.25, -0.2) is 4.79 Å². The zero-order valence-electron chi connectivity index (χ0n) is 15.3. The van der Waals surface area contributed by atoms with Gasteiger partial charge in [0.05, 0.1) is 6.04 Å². The number of rotatable bonds is 5. The molecule has 2 aromatic rings. The fraction of sp³-hybridized carbons (Fsp3) is 0.333. The van der Waals surface area contributed by atoms with Crippen molar-refractivity contribution in [3.8, 4) is 0 Å². The highest BCUT2D eigenvalue weighted by atomic mass is 16.2. The van der Waals surface area contributed by atoms with Gasteiger partial charge >= 0.3 is 6.03 Å². The third-order valence-electron chi connectivity index (χ3n) is 4.63. The Kier molecular flexibility index (Phi) is 5.56. The molecule has 0 aromatic heterocycles. The number of amides is 3. The number of carbonyl (C=O) groups excluding carboxylic acids is 2. The maximum atomic E-state index is 12.7. The molecule has 26 heavy (non-hydrogen) atoms. The van der Waals surface area contributed by atoms with Gasteiger partial charge in [-0.1, -0.05) is 42.5 Å². The van der Waals surface area contributed by atoms with Gasteiger partial charge in [0.15, 0.2) is 0 Å². The van der Waals surface area contributed by atoms with Crippen molar-refractivity contribution in [2.45, 2.75) is 32.9 Å². The van der Waals surface area contributed by atoms with Crippen molar-refractivity contribution in [1.29, 1.82) is 0 Å². The van der Waals surface area contributed by atoms with Crippen molar-refractivity contribution >= 4 is 17.6 Å². The summed E-state index contributed by atoms with van der Waals surface area (Å²) in [4.78, 5) is 28.5. The van der Waals surface area contributed by atoms with E-state index in [4.69, 9.17) is 0 Å². The van der Waals surface area contributed by atoms with E-state index in [-0.39, 0.29) is 18.0 Å². The van der Waals surface area contributed by atoms with Gasteiger partial charge in [0.25, 0.3) is 0 Å². The second kappa shape index (κ2) is 8.04. The first kappa shape index (κ1) is 18.0. The summed E-state index contributed by atoms with van der Waals surface area (Å²) in [6.07, 6.45) is 0.351. The molecule has 0 spiro atoms. The van der Waals surface area contributed by atoms with E-state index in [2.05, 4.69) is 5.32 Å². The Morgan fingerprint density at radius 2 is 1.96 bits per heavy atom. The van der Waals surface area contributed by atoms with E-state index >= 15 is 0 Å². The topological polar surface area (TPSA) is 52.7 Å². The fourth-order valence-electron chi connectivity index (χ4n) is 3.32. The van der Waals surface area contributed by atoms with Crippen molar-refractivity contribution in [2.24, 2.45) is 0 Å². The average molecular weight is 351 g/mol. The fourth-order valence-corrected chi connectivity index (χ4v) is 3.32. The Hall–Kier alpha value is -2.82. The Morgan fingerprint density at radius 1 is 1.19 bits per heavy atom. The number of nitrogens with one attached hydrogen (secondary N) is 1. The van der Waals surface area contributed by atoms with E-state index in [1.165, 1.54) is 0 Å². The lowest BCUT2D eigenvalue weighted by atomic mass is 10.2. The molecular weight excluding hydrogens is 326 g/mol. The Labute approximate surface area is 154 Å². The number of benzene rings is 2. The normalized spacial score (nSPS) is 16.6. The Balaban J connectivity index is 1.61. The van der Waals surface area contributed by atoms with Gasteiger partial charge in [-0.3, -0.25) is 9.69 Å². The number of urea groups is 1. The first-order valence-corrected chi connectivity index (χ1v) is 9.03. The van der Waals surface area contributed by atoms with E-state index in [1.807, 2.05) is 73.3 Å². The molecule has 0 radical (unpaired) electrons. The summed E-state index contributed by atoms with van der Waals surface area (Å²) in [7, 11) is 0. The Morgan fingerprint density at radius 3 is 2.65 bits per heavy atom. The first-order chi connectivity index (χ1) is 12.6. The van der Waals surface area contributed by atoms with Crippen molar-refractivity contribution in [1.82, 2.24) is 10.2 Å². The largest absolute Gasteiger partial charge is 0.336 e. The second-order valence-electron chi connectivity index (χ2n) is 6.69. The van der Waals surface area contributed by atoms with Crippen LogP contribution >= 0.6 is 0 Å². The minimum atomic E-state index is -0.155. The quantitative estimate of drug-likeness (QED) is 0.898. The Bertz CT molecular complexity index is 776. The summed E-state index contributed by atoms with van der Waals surface area (Å²) in [5, 5.41) is 3.02. The molecule has 1 aliphatic heterocycles. The van der Waals surface area contributed by atoms with Gasteiger partial charge in [-0.05, 0) is 37.1 Å². The number of carbonyl (C=O) groups is 2. The monoisotopic (exact) mass is 351 g/mol. The summed E-state index contributed by atoms with van der Waals surface area (Å²) in [6.45, 7) is 5.66. The van der Waals surface area contributed by atoms with E-state index in [0.717, 1.165) is 16.8 Å². The van der Waals surface area contributed by atoms with Crippen LogP contribution in [0, 0.1) is 6.92 Å². The number of aryl methyl sites for hydroxylation is 1. The molecule has 0 saturated carbocycles. The highest BCUT2D eigenvalue weighted by molar-refractivity contribution is 5.93. The van der Waals surface area contributed by atoms with Gasteiger partial charge in [-0.2, -0.15) is 0 Å². The molecular formula is C21H25N3O2. The van der Waals surface area contributed by atoms with Crippen LogP contribution in [0.5, 0.6) is 0 Å². The van der Waals surface area contributed by atoms with Gasteiger partial charge in [-0.15, -0.1) is 0 Å². The van der Waals surface area contributed by atoms with Gasteiger partial charge in [0.1, 0.15) is 0 Å². The van der Waals surface area contributed by atoms with E-state index in [9.17, 15) is 9.59 Å². The molecule has 3 rings (SSSR count).